The Morgan fingerprint density at radius 2 is 1.67 bits per heavy atom. The molecule has 172 valence electrons. The zero-order chi connectivity index (χ0) is 21.8. The molecule has 4 aliphatic carbocycles. The molecular formula is C28H48O2. The van der Waals surface area contributed by atoms with Crippen LogP contribution < -0.4 is 0 Å². The maximum Gasteiger partial charge on any atom is 0.0757 e. The fourth-order valence-electron chi connectivity index (χ4n) is 8.67. The van der Waals surface area contributed by atoms with Crippen molar-refractivity contribution in [1.82, 2.24) is 0 Å². The molecule has 1 unspecified atom stereocenters. The predicted octanol–water partition coefficient (Wildman–Crippen LogP) is 6.61. The van der Waals surface area contributed by atoms with Gasteiger partial charge < -0.3 is 10.2 Å². The van der Waals surface area contributed by atoms with Gasteiger partial charge in [-0.25, -0.2) is 0 Å². The summed E-state index contributed by atoms with van der Waals surface area (Å²) in [6, 6.07) is 0. The van der Waals surface area contributed by atoms with Crippen molar-refractivity contribution in [2.24, 2.45) is 52.3 Å². The molecule has 4 aliphatic rings. The Morgan fingerprint density at radius 3 is 2.37 bits per heavy atom. The molecule has 2 heteroatoms. The summed E-state index contributed by atoms with van der Waals surface area (Å²) in [5, 5.41) is 21.5. The number of hydrogen-bond acceptors (Lipinski definition) is 2. The third kappa shape index (κ3) is 3.62. The summed E-state index contributed by atoms with van der Waals surface area (Å²) in [6.45, 7) is 14.7. The van der Waals surface area contributed by atoms with Gasteiger partial charge >= 0.3 is 0 Å². The maximum absolute atomic E-state index is 11.3. The van der Waals surface area contributed by atoms with Crippen LogP contribution in [0.3, 0.4) is 0 Å². The van der Waals surface area contributed by atoms with Gasteiger partial charge in [-0.2, -0.15) is 0 Å². The third-order valence-electron chi connectivity index (χ3n) is 11.1. The first-order chi connectivity index (χ1) is 14.1. The van der Waals surface area contributed by atoms with E-state index < -0.39 is 0 Å². The first-order valence-electron chi connectivity index (χ1n) is 13.1. The zero-order valence-electron chi connectivity index (χ0n) is 20.5. The van der Waals surface area contributed by atoms with E-state index in [1.54, 1.807) is 0 Å². The topological polar surface area (TPSA) is 40.5 Å². The molecule has 2 nitrogen and oxygen atoms in total. The van der Waals surface area contributed by atoms with Gasteiger partial charge in [0.25, 0.3) is 0 Å². The van der Waals surface area contributed by atoms with Crippen LogP contribution in [0.1, 0.15) is 99.3 Å². The molecule has 0 spiro atoms. The van der Waals surface area contributed by atoms with E-state index in [2.05, 4.69) is 47.6 Å². The molecule has 0 heterocycles. The quantitative estimate of drug-likeness (QED) is 0.495. The first kappa shape index (κ1) is 22.8. The lowest BCUT2D eigenvalue weighted by Gasteiger charge is -2.59. The summed E-state index contributed by atoms with van der Waals surface area (Å²) in [5.41, 5.74) is 1.98. The molecule has 4 rings (SSSR count). The first-order valence-corrected chi connectivity index (χ1v) is 13.1. The smallest absolute Gasteiger partial charge is 0.0757 e. The average molecular weight is 417 g/mol. The van der Waals surface area contributed by atoms with Crippen LogP contribution in [0.25, 0.3) is 0 Å². The highest BCUT2D eigenvalue weighted by atomic mass is 16.3. The van der Waals surface area contributed by atoms with Crippen molar-refractivity contribution < 1.29 is 10.2 Å². The van der Waals surface area contributed by atoms with E-state index in [0.29, 0.717) is 23.2 Å². The van der Waals surface area contributed by atoms with Crippen LogP contribution in [0.2, 0.25) is 0 Å². The van der Waals surface area contributed by atoms with Gasteiger partial charge in [-0.15, -0.1) is 0 Å². The van der Waals surface area contributed by atoms with E-state index in [0.717, 1.165) is 42.9 Å². The lowest BCUT2D eigenvalue weighted by atomic mass is 9.46. The Balaban J connectivity index is 1.53. The molecule has 2 N–H and O–H groups in total. The molecular weight excluding hydrogens is 368 g/mol. The second-order valence-electron chi connectivity index (χ2n) is 12.8. The molecule has 0 aromatic carbocycles. The van der Waals surface area contributed by atoms with Crippen LogP contribution in [0, 0.1) is 52.3 Å². The van der Waals surface area contributed by atoms with Gasteiger partial charge in [-0.3, -0.25) is 0 Å². The molecule has 0 saturated heterocycles. The van der Waals surface area contributed by atoms with E-state index in [1.807, 2.05) is 0 Å². The second-order valence-corrected chi connectivity index (χ2v) is 12.8. The van der Waals surface area contributed by atoms with Crippen molar-refractivity contribution in [3.63, 3.8) is 0 Å². The summed E-state index contributed by atoms with van der Waals surface area (Å²) < 4.78 is 0. The Kier molecular flexibility index (Phi) is 6.26. The standard InChI is InChI=1S/C28H48O2/c1-17(2)18(3)7-8-19(4)22-9-10-23-26-24(12-14-28(22,23)6)27(5)13-11-21(29)15-20(27)16-25(26)30/h16-19,21-26,29-30H,7-15H2,1-6H3/t18?,19-,21+,22-,23+,24+,25+,26+,27+,28-/m1/s1. The lowest BCUT2D eigenvalue weighted by molar-refractivity contribution is -0.0971. The van der Waals surface area contributed by atoms with Gasteiger partial charge in [-0.05, 0) is 97.2 Å². The molecule has 0 bridgehead atoms. The number of hydrogen-bond donors (Lipinski definition) is 2. The van der Waals surface area contributed by atoms with Gasteiger partial charge in [0.2, 0.25) is 0 Å². The van der Waals surface area contributed by atoms with Gasteiger partial charge in [0, 0.05) is 0 Å². The fourth-order valence-corrected chi connectivity index (χ4v) is 8.67. The molecule has 0 aromatic rings. The zero-order valence-corrected chi connectivity index (χ0v) is 20.5. The van der Waals surface area contributed by atoms with Gasteiger partial charge in [0.1, 0.15) is 0 Å². The van der Waals surface area contributed by atoms with Crippen molar-refractivity contribution in [3.8, 4) is 0 Å². The highest BCUT2D eigenvalue weighted by molar-refractivity contribution is 5.27. The van der Waals surface area contributed by atoms with Gasteiger partial charge in [0.15, 0.2) is 0 Å². The van der Waals surface area contributed by atoms with Gasteiger partial charge in [0.05, 0.1) is 12.2 Å². The van der Waals surface area contributed by atoms with Crippen molar-refractivity contribution >= 4 is 0 Å². The molecule has 3 fully saturated rings. The maximum atomic E-state index is 11.3. The molecule has 10 atom stereocenters. The molecule has 0 amide bonds. The predicted molar refractivity (Wildman–Crippen MR) is 125 cm³/mol. The summed E-state index contributed by atoms with van der Waals surface area (Å²) in [6.07, 6.45) is 12.5. The SMILES string of the molecule is CC(C)C(C)CC[C@@H](C)[C@H]1CC[C@H]2[C@@H]3[C@@H](O)C=C4C[C@@H](O)CC[C@]4(C)[C@H]3CC[C@]12C. The fraction of sp³-hybridized carbons (Fsp3) is 0.929. The monoisotopic (exact) mass is 416 g/mol. The molecule has 30 heavy (non-hydrogen) atoms. The minimum absolute atomic E-state index is 0.202. The van der Waals surface area contributed by atoms with E-state index in [4.69, 9.17) is 0 Å². The minimum Gasteiger partial charge on any atom is -0.393 e. The molecule has 0 radical (unpaired) electrons. The van der Waals surface area contributed by atoms with E-state index >= 15 is 0 Å². The highest BCUT2D eigenvalue weighted by Crippen LogP contribution is 2.67. The lowest BCUT2D eigenvalue weighted by Crippen LogP contribution is -2.54. The van der Waals surface area contributed by atoms with Crippen LogP contribution in [-0.4, -0.2) is 22.4 Å². The van der Waals surface area contributed by atoms with Crippen LogP contribution in [0.4, 0.5) is 0 Å². The number of aliphatic hydroxyl groups excluding tert-OH is 2. The van der Waals surface area contributed by atoms with Crippen molar-refractivity contribution in [2.75, 3.05) is 0 Å². The van der Waals surface area contributed by atoms with Crippen LogP contribution in [-0.2, 0) is 0 Å². The largest absolute Gasteiger partial charge is 0.393 e. The normalized spacial score (nSPS) is 47.8. The summed E-state index contributed by atoms with van der Waals surface area (Å²) >= 11 is 0. The number of aliphatic hydroxyl groups is 2. The van der Waals surface area contributed by atoms with E-state index in [-0.39, 0.29) is 17.6 Å². The number of fused-ring (bicyclic) bond motifs is 5. The Labute approximate surface area is 185 Å². The third-order valence-corrected chi connectivity index (χ3v) is 11.1. The Hall–Kier alpha value is -0.340. The number of rotatable bonds is 5. The van der Waals surface area contributed by atoms with Crippen molar-refractivity contribution in [2.45, 2.75) is 112 Å². The Morgan fingerprint density at radius 1 is 0.933 bits per heavy atom. The molecule has 0 aromatic heterocycles. The van der Waals surface area contributed by atoms with Crippen LogP contribution in [0.15, 0.2) is 11.6 Å². The van der Waals surface area contributed by atoms with Crippen molar-refractivity contribution in [3.05, 3.63) is 11.6 Å². The Bertz CT molecular complexity index is 653. The second kappa shape index (κ2) is 8.22. The summed E-state index contributed by atoms with van der Waals surface area (Å²) in [7, 11) is 0. The van der Waals surface area contributed by atoms with E-state index in [1.165, 1.54) is 44.1 Å². The summed E-state index contributed by atoms with van der Waals surface area (Å²) in [4.78, 5) is 0. The van der Waals surface area contributed by atoms with E-state index in [9.17, 15) is 10.2 Å². The van der Waals surface area contributed by atoms with Crippen LogP contribution in [0.5, 0.6) is 0 Å². The summed E-state index contributed by atoms with van der Waals surface area (Å²) in [5.74, 6) is 4.92. The highest BCUT2D eigenvalue weighted by Gasteiger charge is 2.61. The molecule has 0 aliphatic heterocycles. The van der Waals surface area contributed by atoms with Crippen LogP contribution >= 0.6 is 0 Å². The minimum atomic E-state index is -0.303. The van der Waals surface area contributed by atoms with Gasteiger partial charge in [-0.1, -0.05) is 66.0 Å². The molecule has 3 saturated carbocycles. The average Bonchev–Trinajstić information content (AvgIpc) is 3.04. The van der Waals surface area contributed by atoms with Crippen molar-refractivity contribution in [1.29, 1.82) is 0 Å².